The minimum Gasteiger partial charge on any atom is -0.756 e. The molecule has 0 heterocycles. The fourth-order valence-electron chi connectivity index (χ4n) is 9.10. The van der Waals surface area contributed by atoms with E-state index in [-0.39, 0.29) is 19.1 Å². The average Bonchev–Trinajstić information content (AvgIpc) is 3.29. The van der Waals surface area contributed by atoms with Gasteiger partial charge in [-0.1, -0.05) is 270 Å². The molecule has 2 N–H and O–H groups in total. The van der Waals surface area contributed by atoms with Gasteiger partial charge in [-0.05, 0) is 38.5 Å². The Hall–Kier alpha value is -0.760. The number of carbonyl (C=O) groups is 1. The number of aliphatic hydroxyl groups excluding tert-OH is 1. The Labute approximate surface area is 418 Å². The van der Waals surface area contributed by atoms with Crippen LogP contribution in [0.2, 0.25) is 0 Å². The lowest BCUT2D eigenvalue weighted by Crippen LogP contribution is -2.46. The van der Waals surface area contributed by atoms with E-state index in [2.05, 4.69) is 31.3 Å². The first-order valence-corrected chi connectivity index (χ1v) is 31.0. The van der Waals surface area contributed by atoms with E-state index >= 15 is 0 Å². The molecular weight excluding hydrogens is 852 g/mol. The molecule has 0 spiro atoms. The number of phosphoric acid groups is 1. The third kappa shape index (κ3) is 52.9. The first-order valence-electron chi connectivity index (χ1n) is 29.5. The van der Waals surface area contributed by atoms with Gasteiger partial charge in [0.2, 0.25) is 5.91 Å². The van der Waals surface area contributed by atoms with Crippen molar-refractivity contribution in [1.82, 2.24) is 5.32 Å². The molecular formula is C58H117N2O6P. The molecule has 9 heteroatoms. The lowest BCUT2D eigenvalue weighted by molar-refractivity contribution is -0.870. The molecule has 67 heavy (non-hydrogen) atoms. The van der Waals surface area contributed by atoms with Gasteiger partial charge in [0.15, 0.2) is 0 Å². The minimum absolute atomic E-state index is 0.0129. The summed E-state index contributed by atoms with van der Waals surface area (Å²) >= 11 is 0. The number of unbranched alkanes of at least 4 members (excludes halogenated alkanes) is 40. The van der Waals surface area contributed by atoms with Crippen molar-refractivity contribution in [1.29, 1.82) is 0 Å². The number of nitrogens with zero attached hydrogens (tertiary/aromatic N) is 1. The molecule has 0 radical (unpaired) electrons. The van der Waals surface area contributed by atoms with E-state index in [0.29, 0.717) is 23.9 Å². The minimum atomic E-state index is -4.57. The number of phosphoric ester groups is 1. The van der Waals surface area contributed by atoms with Gasteiger partial charge in [0.1, 0.15) is 13.2 Å². The summed E-state index contributed by atoms with van der Waals surface area (Å²) in [4.78, 5) is 25.5. The number of carbonyl (C=O) groups excluding carboxylic acids is 1. The maximum Gasteiger partial charge on any atom is 0.268 e. The first kappa shape index (κ1) is 66.2. The van der Waals surface area contributed by atoms with Crippen LogP contribution in [0.3, 0.4) is 0 Å². The van der Waals surface area contributed by atoms with Crippen LogP contribution in [0, 0.1) is 0 Å². The van der Waals surface area contributed by atoms with Crippen LogP contribution in [0.5, 0.6) is 0 Å². The molecule has 0 bridgehead atoms. The predicted molar refractivity (Wildman–Crippen MR) is 289 cm³/mol. The molecule has 0 aliphatic rings. The Morgan fingerprint density at radius 3 is 1.16 bits per heavy atom. The van der Waals surface area contributed by atoms with Crippen molar-refractivity contribution in [2.75, 3.05) is 40.9 Å². The Balaban J connectivity index is 4.00. The van der Waals surface area contributed by atoms with E-state index in [0.717, 1.165) is 51.4 Å². The van der Waals surface area contributed by atoms with Crippen molar-refractivity contribution in [3.8, 4) is 0 Å². The number of aliphatic hydroxyl groups is 1. The first-order chi connectivity index (χ1) is 32.5. The van der Waals surface area contributed by atoms with Crippen LogP contribution in [0.4, 0.5) is 0 Å². The maximum absolute atomic E-state index is 12.9. The second-order valence-corrected chi connectivity index (χ2v) is 23.1. The van der Waals surface area contributed by atoms with Gasteiger partial charge in [-0.25, -0.2) is 0 Å². The summed E-state index contributed by atoms with van der Waals surface area (Å²) in [6.45, 7) is 4.74. The molecule has 3 atom stereocenters. The summed E-state index contributed by atoms with van der Waals surface area (Å²) in [5, 5.41) is 14.0. The molecule has 0 fully saturated rings. The highest BCUT2D eigenvalue weighted by Gasteiger charge is 2.24. The fourth-order valence-corrected chi connectivity index (χ4v) is 9.82. The Morgan fingerprint density at radius 1 is 0.507 bits per heavy atom. The average molecular weight is 970 g/mol. The Kier molecular flexibility index (Phi) is 49.6. The van der Waals surface area contributed by atoms with Crippen LogP contribution in [-0.4, -0.2) is 68.5 Å². The SMILES string of the molecule is CCCCCCC/C=C\CCCCCCCC(=O)NC(COP(=O)([O-])OCC[N+](C)(C)C)C(O)CCCCCCCCCCCCCCCCCCCCCCCCCCCCCCCCC. The molecule has 1 amide bonds. The van der Waals surface area contributed by atoms with Gasteiger partial charge in [0.25, 0.3) is 7.82 Å². The van der Waals surface area contributed by atoms with E-state index in [1.165, 1.54) is 225 Å². The van der Waals surface area contributed by atoms with E-state index in [9.17, 15) is 19.4 Å². The standard InChI is InChI=1S/C58H117N2O6P/c1-6-8-10-12-14-16-18-20-22-23-24-25-26-27-28-29-30-31-32-33-34-35-36-37-38-39-41-43-45-47-49-51-57(61)56(55-66-67(63,64)65-54-53-60(3,4)5)59-58(62)52-50-48-46-44-42-40-21-19-17-15-13-11-9-7-2/h19,21,56-57,61H,6-18,20,22-55H2,1-5H3,(H-,59,62,63,64)/b21-19-. The van der Waals surface area contributed by atoms with Gasteiger partial charge in [0.05, 0.1) is 39.9 Å². The Bertz CT molecular complexity index is 1100. The number of rotatable bonds is 55. The molecule has 0 aromatic heterocycles. The highest BCUT2D eigenvalue weighted by molar-refractivity contribution is 7.45. The zero-order valence-corrected chi connectivity index (χ0v) is 46.5. The van der Waals surface area contributed by atoms with Crippen LogP contribution >= 0.6 is 7.82 Å². The zero-order valence-electron chi connectivity index (χ0n) is 45.6. The molecule has 0 aromatic carbocycles. The van der Waals surface area contributed by atoms with E-state index in [1.807, 2.05) is 21.1 Å². The fraction of sp³-hybridized carbons (Fsp3) is 0.948. The van der Waals surface area contributed by atoms with Gasteiger partial charge in [0, 0.05) is 6.42 Å². The third-order valence-corrected chi connectivity index (χ3v) is 14.7. The monoisotopic (exact) mass is 969 g/mol. The quantitative estimate of drug-likeness (QED) is 0.0272. The second-order valence-electron chi connectivity index (χ2n) is 21.7. The maximum atomic E-state index is 12.9. The summed E-state index contributed by atoms with van der Waals surface area (Å²) in [6, 6.07) is -0.802. The number of hydrogen-bond donors (Lipinski definition) is 2. The number of quaternary nitrogens is 1. The molecule has 0 saturated heterocycles. The molecule has 0 saturated carbocycles. The third-order valence-electron chi connectivity index (χ3n) is 13.8. The summed E-state index contributed by atoms with van der Waals surface area (Å²) in [6.07, 6.45) is 61.2. The van der Waals surface area contributed by atoms with Crippen molar-refractivity contribution in [3.63, 3.8) is 0 Å². The van der Waals surface area contributed by atoms with Gasteiger partial charge >= 0.3 is 0 Å². The Morgan fingerprint density at radius 2 is 0.821 bits per heavy atom. The second kappa shape index (κ2) is 50.2. The van der Waals surface area contributed by atoms with Crippen molar-refractivity contribution >= 4 is 13.7 Å². The van der Waals surface area contributed by atoms with Gasteiger partial charge in [-0.3, -0.25) is 9.36 Å². The lowest BCUT2D eigenvalue weighted by Gasteiger charge is -2.30. The van der Waals surface area contributed by atoms with Crippen LogP contribution < -0.4 is 10.2 Å². The summed E-state index contributed by atoms with van der Waals surface area (Å²) < 4.78 is 23.4. The van der Waals surface area contributed by atoms with Crippen molar-refractivity contribution in [3.05, 3.63) is 12.2 Å². The summed E-state index contributed by atoms with van der Waals surface area (Å²) in [5.74, 6) is -0.169. The predicted octanol–water partition coefficient (Wildman–Crippen LogP) is 17.2. The van der Waals surface area contributed by atoms with Crippen molar-refractivity contribution in [2.45, 2.75) is 315 Å². The molecule has 0 aliphatic carbocycles. The largest absolute Gasteiger partial charge is 0.756 e. The number of hydrogen-bond acceptors (Lipinski definition) is 6. The molecule has 0 aliphatic heterocycles. The van der Waals surface area contributed by atoms with Gasteiger partial charge < -0.3 is 28.8 Å². The summed E-state index contributed by atoms with van der Waals surface area (Å²) in [7, 11) is 1.31. The van der Waals surface area contributed by atoms with Crippen LogP contribution in [-0.2, 0) is 18.4 Å². The highest BCUT2D eigenvalue weighted by atomic mass is 31.2. The van der Waals surface area contributed by atoms with E-state index in [4.69, 9.17) is 9.05 Å². The number of amides is 1. The topological polar surface area (TPSA) is 108 Å². The number of likely N-dealkylation sites (N-methyl/N-ethyl adjacent to an activating group) is 1. The smallest absolute Gasteiger partial charge is 0.268 e. The molecule has 400 valence electrons. The number of allylic oxidation sites excluding steroid dienone is 2. The van der Waals surface area contributed by atoms with Crippen LogP contribution in [0.1, 0.15) is 303 Å². The molecule has 0 rings (SSSR count). The highest BCUT2D eigenvalue weighted by Crippen LogP contribution is 2.38. The normalized spacial score (nSPS) is 14.0. The van der Waals surface area contributed by atoms with Crippen LogP contribution in [0.15, 0.2) is 12.2 Å². The molecule has 8 nitrogen and oxygen atoms in total. The van der Waals surface area contributed by atoms with Crippen LogP contribution in [0.25, 0.3) is 0 Å². The van der Waals surface area contributed by atoms with Gasteiger partial charge in [-0.2, -0.15) is 0 Å². The molecule has 0 aromatic rings. The summed E-state index contributed by atoms with van der Waals surface area (Å²) in [5.41, 5.74) is 0. The van der Waals surface area contributed by atoms with Crippen molar-refractivity contribution < 1.29 is 32.9 Å². The van der Waals surface area contributed by atoms with E-state index in [1.54, 1.807) is 0 Å². The van der Waals surface area contributed by atoms with Crippen molar-refractivity contribution in [2.24, 2.45) is 0 Å². The van der Waals surface area contributed by atoms with Gasteiger partial charge in [-0.15, -0.1) is 0 Å². The molecule has 3 unspecified atom stereocenters. The lowest BCUT2D eigenvalue weighted by atomic mass is 10.0. The van der Waals surface area contributed by atoms with E-state index < -0.39 is 20.0 Å². The zero-order chi connectivity index (χ0) is 49.2. The number of nitrogens with one attached hydrogen (secondary N) is 1.